The summed E-state index contributed by atoms with van der Waals surface area (Å²) in [5.74, 6) is 3.23. The Morgan fingerprint density at radius 1 is 0.586 bits per heavy atom. The van der Waals surface area contributed by atoms with Crippen LogP contribution in [-0.2, 0) is 20.0 Å². The van der Waals surface area contributed by atoms with Gasteiger partial charge in [-0.15, -0.1) is 0 Å². The number of rotatable bonds is 10. The molecule has 0 unspecified atom stereocenters. The Hall–Kier alpha value is -4.09. The van der Waals surface area contributed by atoms with E-state index in [-0.39, 0.29) is 9.79 Å². The fraction of sp³-hybridized carbons (Fsp3) is 0.442. The van der Waals surface area contributed by atoms with Crippen LogP contribution in [0.5, 0.6) is 0 Å². The van der Waals surface area contributed by atoms with Gasteiger partial charge in [-0.2, -0.15) is 0 Å². The normalized spacial score (nSPS) is 20.1. The van der Waals surface area contributed by atoms with E-state index in [1.165, 1.54) is 57.1 Å². The number of aryl methyl sites for hydroxylation is 2. The Balaban J connectivity index is 0.000000177. The molecule has 0 atom stereocenters. The molecule has 2 aliphatic carbocycles. The monoisotopic (exact) mass is 936 g/mol. The molecule has 0 amide bonds. The minimum absolute atomic E-state index is 0.256. The first-order valence-corrected chi connectivity index (χ1v) is 24.5. The largest absolute Gasteiger partial charge is 0.356 e. The molecule has 0 radical (unpaired) electrons. The Labute approximate surface area is 356 Å². The van der Waals surface area contributed by atoms with Gasteiger partial charge in [0.25, 0.3) is 20.0 Å². The maximum Gasteiger partial charge on any atom is 0.269 e. The van der Waals surface area contributed by atoms with Gasteiger partial charge < -0.3 is 9.80 Å². The third kappa shape index (κ3) is 8.49. The van der Waals surface area contributed by atoms with E-state index in [1.54, 1.807) is 60.9 Å². The minimum atomic E-state index is -3.71. The predicted octanol–water partition coefficient (Wildman–Crippen LogP) is 8.79. The molecule has 308 valence electrons. The van der Waals surface area contributed by atoms with E-state index >= 15 is 0 Å². The van der Waals surface area contributed by atoms with Crippen molar-refractivity contribution in [3.05, 3.63) is 96.8 Å². The lowest BCUT2D eigenvalue weighted by Crippen LogP contribution is -2.36. The van der Waals surface area contributed by atoms with E-state index in [1.807, 2.05) is 26.0 Å². The van der Waals surface area contributed by atoms with Crippen LogP contribution in [-0.4, -0.2) is 75.3 Å². The van der Waals surface area contributed by atoms with Crippen LogP contribution in [0.1, 0.15) is 75.8 Å². The lowest BCUT2D eigenvalue weighted by atomic mass is 9.84. The summed E-state index contributed by atoms with van der Waals surface area (Å²) in [5, 5.41) is 1.53. The number of fused-ring (bicyclic) bond motifs is 2. The fourth-order valence-corrected chi connectivity index (χ4v) is 11.9. The summed E-state index contributed by atoms with van der Waals surface area (Å²) in [7, 11) is -3.30. The van der Waals surface area contributed by atoms with Crippen molar-refractivity contribution >= 4 is 76.3 Å². The number of hydrogen-bond acceptors (Lipinski definition) is 10. The summed E-state index contributed by atoms with van der Waals surface area (Å²) in [6.07, 6.45) is 16.8. The van der Waals surface area contributed by atoms with E-state index < -0.39 is 20.0 Å². The van der Waals surface area contributed by atoms with Crippen molar-refractivity contribution in [1.82, 2.24) is 27.9 Å². The summed E-state index contributed by atoms with van der Waals surface area (Å²) in [4.78, 5) is 22.6. The van der Waals surface area contributed by atoms with E-state index in [0.717, 1.165) is 71.1 Å². The third-order valence-corrected chi connectivity index (χ3v) is 16.8. The minimum Gasteiger partial charge on any atom is -0.356 e. The van der Waals surface area contributed by atoms with Crippen LogP contribution >= 0.6 is 22.6 Å². The Morgan fingerprint density at radius 2 is 0.966 bits per heavy atom. The number of halogens is 1. The summed E-state index contributed by atoms with van der Waals surface area (Å²) in [6.45, 7) is 6.13. The molecule has 6 aromatic rings. The highest BCUT2D eigenvalue weighted by molar-refractivity contribution is 14.1. The zero-order valence-electron chi connectivity index (χ0n) is 33.9. The highest BCUT2D eigenvalue weighted by atomic mass is 127. The summed E-state index contributed by atoms with van der Waals surface area (Å²) < 4.78 is 56.4. The zero-order chi connectivity index (χ0) is 41.2. The Kier molecular flexibility index (Phi) is 12.8. The van der Waals surface area contributed by atoms with Crippen molar-refractivity contribution in [2.75, 3.05) is 28.3 Å². The molecule has 2 saturated carbocycles. The van der Waals surface area contributed by atoms with E-state index in [0.29, 0.717) is 23.4 Å². The summed E-state index contributed by atoms with van der Waals surface area (Å²) >= 11 is 2.48. The quantitative estimate of drug-likeness (QED) is 0.0969. The van der Waals surface area contributed by atoms with Crippen LogP contribution in [0.15, 0.2) is 95.5 Å². The molecule has 4 aromatic heterocycles. The lowest BCUT2D eigenvalue weighted by molar-refractivity contribution is 0.313. The molecule has 8 rings (SSSR count). The Bertz CT molecular complexity index is 2380. The number of hydrogen-bond donors (Lipinski definition) is 0. The van der Waals surface area contributed by atoms with Gasteiger partial charge in [0.05, 0.1) is 20.6 Å². The molecular weight excluding hydrogens is 884 g/mol. The second kappa shape index (κ2) is 17.6. The van der Waals surface area contributed by atoms with Crippen molar-refractivity contribution in [1.29, 1.82) is 0 Å². The van der Waals surface area contributed by atoms with Gasteiger partial charge in [-0.3, -0.25) is 0 Å². The van der Waals surface area contributed by atoms with Crippen LogP contribution in [0.2, 0.25) is 0 Å². The SMILES string of the molecule is CCC1CCC(N(C)c2ncnc3c2ccn3S(=O)(=O)c2ccc(C)cc2)CC1.Cc1ccc(S(=O)(=O)n2ccc3c(N(C)C4CCC(CI)CC4)ncnc32)cc1. The third-order valence-electron chi connectivity index (χ3n) is 12.2. The first kappa shape index (κ1) is 42.0. The number of nitrogens with zero attached hydrogens (tertiary/aromatic N) is 8. The summed E-state index contributed by atoms with van der Waals surface area (Å²) in [6, 6.07) is 18.2. The molecule has 12 nitrogen and oxygen atoms in total. The molecule has 2 aliphatic rings. The average Bonchev–Trinajstić information content (AvgIpc) is 3.90. The van der Waals surface area contributed by atoms with Crippen LogP contribution in [0, 0.1) is 25.7 Å². The maximum atomic E-state index is 13.2. The molecule has 0 aliphatic heterocycles. The van der Waals surface area contributed by atoms with Crippen molar-refractivity contribution < 1.29 is 16.8 Å². The topological polar surface area (TPSA) is 136 Å². The molecule has 0 spiro atoms. The molecule has 15 heteroatoms. The standard InChI is InChI=1S/C22H28N4O2S.C21H25IN4O2S/c1-4-17-7-9-18(10-8-17)25(3)21-20-13-14-26(22(20)24-15-23-21)29(27,28)19-11-5-16(2)6-12-19;1-15-3-9-18(10-4-15)29(27,28)26-12-11-19-20(23-14-24-21(19)26)25(2)17-7-5-16(13-22)6-8-17/h5-6,11-15,17-18H,4,7-10H2,1-3H3;3-4,9-12,14,16-17H,5-8,13H2,1-2H3. The molecule has 0 N–H and O–H groups in total. The van der Waals surface area contributed by atoms with Crippen molar-refractivity contribution in [2.45, 2.75) is 100 Å². The molecule has 2 fully saturated rings. The van der Waals surface area contributed by atoms with Gasteiger partial charge in [-0.25, -0.2) is 44.7 Å². The highest BCUT2D eigenvalue weighted by Gasteiger charge is 2.29. The van der Waals surface area contributed by atoms with Gasteiger partial charge in [0.1, 0.15) is 24.3 Å². The first-order valence-electron chi connectivity index (χ1n) is 20.1. The fourth-order valence-electron chi connectivity index (χ4n) is 8.40. The number of benzene rings is 2. The van der Waals surface area contributed by atoms with Gasteiger partial charge in [0.15, 0.2) is 11.3 Å². The second-order valence-electron chi connectivity index (χ2n) is 15.9. The average molecular weight is 937 g/mol. The predicted molar refractivity (Wildman–Crippen MR) is 240 cm³/mol. The van der Waals surface area contributed by atoms with Crippen LogP contribution in [0.4, 0.5) is 11.6 Å². The zero-order valence-corrected chi connectivity index (χ0v) is 37.7. The van der Waals surface area contributed by atoms with Gasteiger partial charge >= 0.3 is 0 Å². The molecular formula is C43H53IN8O4S2. The number of aromatic nitrogens is 6. The van der Waals surface area contributed by atoms with Gasteiger partial charge in [0.2, 0.25) is 0 Å². The molecule has 58 heavy (non-hydrogen) atoms. The van der Waals surface area contributed by atoms with Gasteiger partial charge in [-0.05, 0) is 113 Å². The van der Waals surface area contributed by atoms with Gasteiger partial charge in [0, 0.05) is 43.0 Å². The van der Waals surface area contributed by atoms with Crippen molar-refractivity contribution in [2.24, 2.45) is 11.8 Å². The highest BCUT2D eigenvalue weighted by Crippen LogP contribution is 2.35. The molecule has 4 heterocycles. The van der Waals surface area contributed by atoms with Crippen LogP contribution in [0.25, 0.3) is 22.1 Å². The van der Waals surface area contributed by atoms with Gasteiger partial charge in [-0.1, -0.05) is 71.3 Å². The Morgan fingerprint density at radius 3 is 1.33 bits per heavy atom. The van der Waals surface area contributed by atoms with Crippen LogP contribution in [0.3, 0.4) is 0 Å². The van der Waals surface area contributed by atoms with E-state index in [9.17, 15) is 16.8 Å². The molecule has 0 saturated heterocycles. The first-order chi connectivity index (χ1) is 27.8. The molecule has 0 bridgehead atoms. The second-order valence-corrected chi connectivity index (χ2v) is 20.4. The van der Waals surface area contributed by atoms with E-state index in [2.05, 4.69) is 73.3 Å². The molecule has 2 aromatic carbocycles. The lowest BCUT2D eigenvalue weighted by Gasteiger charge is -2.35. The van der Waals surface area contributed by atoms with Crippen molar-refractivity contribution in [3.63, 3.8) is 0 Å². The number of anilines is 2. The number of alkyl halides is 1. The smallest absolute Gasteiger partial charge is 0.269 e. The van der Waals surface area contributed by atoms with Crippen molar-refractivity contribution in [3.8, 4) is 0 Å². The summed E-state index contributed by atoms with van der Waals surface area (Å²) in [5.41, 5.74) is 2.88. The maximum absolute atomic E-state index is 13.2. The van der Waals surface area contributed by atoms with E-state index in [4.69, 9.17) is 0 Å². The van der Waals surface area contributed by atoms with Crippen LogP contribution < -0.4 is 9.80 Å².